The third-order valence-electron chi connectivity index (χ3n) is 6.73. The highest BCUT2D eigenvalue weighted by molar-refractivity contribution is 7.12. The summed E-state index contributed by atoms with van der Waals surface area (Å²) in [6, 6.07) is 6.34. The molecule has 204 valence electrons. The van der Waals surface area contributed by atoms with Gasteiger partial charge in [0.05, 0.1) is 28.7 Å². The maximum Gasteiger partial charge on any atom is 0.416 e. The number of hydrogen-bond donors (Lipinski definition) is 1. The monoisotopic (exact) mass is 550 g/mol. The predicted octanol–water partition coefficient (Wildman–Crippen LogP) is 4.13. The van der Waals surface area contributed by atoms with Crippen molar-refractivity contribution >= 4 is 29.2 Å². The van der Waals surface area contributed by atoms with Crippen LogP contribution in [0.3, 0.4) is 0 Å². The summed E-state index contributed by atoms with van der Waals surface area (Å²) in [7, 11) is 1.47. The summed E-state index contributed by atoms with van der Waals surface area (Å²) in [5.41, 5.74) is -0.957. The summed E-state index contributed by atoms with van der Waals surface area (Å²) < 4.78 is 46.9. The SMILES string of the molecule is CCOC(=O)C1=C(CN2CCN(C(=O)c3cccs3)C(C)C2)N(C)C(=O)NC1c1ccccc1C(F)(F)F. The van der Waals surface area contributed by atoms with Crippen LogP contribution in [0, 0.1) is 0 Å². The molecule has 1 saturated heterocycles. The molecule has 3 amide bonds. The number of urea groups is 1. The fourth-order valence-corrected chi connectivity index (χ4v) is 5.55. The fourth-order valence-electron chi connectivity index (χ4n) is 4.87. The van der Waals surface area contributed by atoms with Crippen LogP contribution in [0.25, 0.3) is 0 Å². The number of carbonyl (C=O) groups is 3. The highest BCUT2D eigenvalue weighted by atomic mass is 32.1. The number of piperazine rings is 1. The van der Waals surface area contributed by atoms with E-state index in [1.165, 1.54) is 41.5 Å². The van der Waals surface area contributed by atoms with Gasteiger partial charge in [0, 0.05) is 45.0 Å². The molecule has 2 unspecified atom stereocenters. The van der Waals surface area contributed by atoms with Crippen LogP contribution in [-0.2, 0) is 15.7 Å². The lowest BCUT2D eigenvalue weighted by molar-refractivity contribution is -0.141. The molecule has 2 aromatic rings. The molecule has 1 aromatic heterocycles. The molecule has 8 nitrogen and oxygen atoms in total. The molecule has 1 aromatic carbocycles. The highest BCUT2D eigenvalue weighted by Gasteiger charge is 2.42. The molecule has 0 bridgehead atoms. The second-order valence-corrected chi connectivity index (χ2v) is 10.1. The summed E-state index contributed by atoms with van der Waals surface area (Å²) in [6.07, 6.45) is -4.69. The molecule has 1 N–H and O–H groups in total. The van der Waals surface area contributed by atoms with Crippen LogP contribution in [0.2, 0.25) is 0 Å². The molecular weight excluding hydrogens is 521 g/mol. The van der Waals surface area contributed by atoms with Gasteiger partial charge in [0.15, 0.2) is 0 Å². The van der Waals surface area contributed by atoms with Gasteiger partial charge in [-0.05, 0) is 36.9 Å². The smallest absolute Gasteiger partial charge is 0.416 e. The Bertz CT molecular complexity index is 1230. The van der Waals surface area contributed by atoms with E-state index in [2.05, 4.69) is 5.32 Å². The number of benzene rings is 1. The van der Waals surface area contributed by atoms with Crippen LogP contribution in [0.15, 0.2) is 53.0 Å². The fraction of sp³-hybridized carbons (Fsp3) is 0.423. The number of alkyl halides is 3. The molecule has 2 aliphatic heterocycles. The highest BCUT2D eigenvalue weighted by Crippen LogP contribution is 2.39. The minimum atomic E-state index is -4.69. The number of carbonyl (C=O) groups excluding carboxylic acids is 3. The van der Waals surface area contributed by atoms with Crippen molar-refractivity contribution in [3.05, 3.63) is 69.1 Å². The first-order valence-electron chi connectivity index (χ1n) is 12.2. The number of amides is 3. The Hall–Kier alpha value is -3.38. The van der Waals surface area contributed by atoms with Gasteiger partial charge in [-0.3, -0.25) is 14.6 Å². The van der Waals surface area contributed by atoms with Gasteiger partial charge in [0.1, 0.15) is 0 Å². The Balaban J connectivity index is 1.68. The lowest BCUT2D eigenvalue weighted by Crippen LogP contribution is -2.56. The van der Waals surface area contributed by atoms with Gasteiger partial charge < -0.3 is 15.0 Å². The molecule has 3 heterocycles. The van der Waals surface area contributed by atoms with E-state index in [0.29, 0.717) is 24.5 Å². The topological polar surface area (TPSA) is 82.2 Å². The predicted molar refractivity (Wildman–Crippen MR) is 135 cm³/mol. The third kappa shape index (κ3) is 5.56. The number of esters is 1. The largest absolute Gasteiger partial charge is 0.463 e. The first kappa shape index (κ1) is 27.6. The van der Waals surface area contributed by atoms with E-state index < -0.39 is 29.8 Å². The second kappa shape index (κ2) is 11.2. The molecule has 4 rings (SSSR count). The average molecular weight is 551 g/mol. The Morgan fingerprint density at radius 1 is 1.16 bits per heavy atom. The average Bonchev–Trinajstić information content (AvgIpc) is 3.41. The standard InChI is InChI=1S/C26H29F3N4O4S/c1-4-37-24(35)21-19(15-32-11-12-33(16(2)14-32)23(34)20-10-7-13-38-20)31(3)25(36)30-22(21)17-8-5-6-9-18(17)26(27,28)29/h5-10,13,16,22H,4,11-12,14-15H2,1-3H3,(H,30,36). The number of nitrogens with zero attached hydrogens (tertiary/aromatic N) is 3. The number of ether oxygens (including phenoxy) is 1. The number of likely N-dealkylation sites (N-methyl/N-ethyl adjacent to an activating group) is 1. The van der Waals surface area contributed by atoms with Gasteiger partial charge in [0.25, 0.3) is 5.91 Å². The zero-order valence-electron chi connectivity index (χ0n) is 21.2. The van der Waals surface area contributed by atoms with Crippen molar-refractivity contribution in [1.82, 2.24) is 20.0 Å². The molecule has 0 radical (unpaired) electrons. The molecule has 0 saturated carbocycles. The Morgan fingerprint density at radius 2 is 1.89 bits per heavy atom. The molecule has 0 spiro atoms. The minimum absolute atomic E-state index is 0.0153. The molecule has 0 aliphatic carbocycles. The van der Waals surface area contributed by atoms with E-state index in [4.69, 9.17) is 4.74 Å². The van der Waals surface area contributed by atoms with Gasteiger partial charge in [-0.1, -0.05) is 24.3 Å². The molecule has 2 aliphatic rings. The summed E-state index contributed by atoms with van der Waals surface area (Å²) in [6.45, 7) is 4.99. The summed E-state index contributed by atoms with van der Waals surface area (Å²) in [5, 5.41) is 4.40. The van der Waals surface area contributed by atoms with Crippen molar-refractivity contribution < 1.29 is 32.3 Å². The van der Waals surface area contributed by atoms with Crippen molar-refractivity contribution in [3.8, 4) is 0 Å². The van der Waals surface area contributed by atoms with Crippen molar-refractivity contribution in [2.45, 2.75) is 32.1 Å². The van der Waals surface area contributed by atoms with Crippen LogP contribution in [-0.4, -0.2) is 78.5 Å². The first-order valence-corrected chi connectivity index (χ1v) is 13.1. The van der Waals surface area contributed by atoms with E-state index in [1.54, 1.807) is 17.9 Å². The van der Waals surface area contributed by atoms with Crippen LogP contribution >= 0.6 is 11.3 Å². The Kier molecular flexibility index (Phi) is 8.12. The van der Waals surface area contributed by atoms with Gasteiger partial charge in [-0.15, -0.1) is 11.3 Å². The summed E-state index contributed by atoms with van der Waals surface area (Å²) in [5.74, 6) is -0.854. The summed E-state index contributed by atoms with van der Waals surface area (Å²) >= 11 is 1.37. The van der Waals surface area contributed by atoms with Crippen molar-refractivity contribution in [1.29, 1.82) is 0 Å². The van der Waals surface area contributed by atoms with Crippen LogP contribution < -0.4 is 5.32 Å². The lowest BCUT2D eigenvalue weighted by Gasteiger charge is -2.42. The zero-order valence-corrected chi connectivity index (χ0v) is 22.1. The minimum Gasteiger partial charge on any atom is -0.463 e. The maximum atomic E-state index is 13.9. The molecule has 38 heavy (non-hydrogen) atoms. The number of nitrogens with one attached hydrogen (secondary N) is 1. The third-order valence-corrected chi connectivity index (χ3v) is 7.59. The van der Waals surface area contributed by atoms with E-state index in [-0.39, 0.29) is 41.9 Å². The van der Waals surface area contributed by atoms with Gasteiger partial charge in [0.2, 0.25) is 0 Å². The molecule has 2 atom stereocenters. The van der Waals surface area contributed by atoms with Crippen LogP contribution in [0.5, 0.6) is 0 Å². The normalized spacial score (nSPS) is 20.9. The number of rotatable bonds is 6. The van der Waals surface area contributed by atoms with E-state index in [1.807, 2.05) is 23.3 Å². The van der Waals surface area contributed by atoms with Crippen molar-refractivity contribution in [3.63, 3.8) is 0 Å². The first-order chi connectivity index (χ1) is 18.0. The number of halogens is 3. The van der Waals surface area contributed by atoms with E-state index >= 15 is 0 Å². The van der Waals surface area contributed by atoms with Crippen LogP contribution in [0.1, 0.15) is 40.7 Å². The van der Waals surface area contributed by atoms with Gasteiger partial charge in [-0.2, -0.15) is 13.2 Å². The Morgan fingerprint density at radius 3 is 2.53 bits per heavy atom. The number of hydrogen-bond acceptors (Lipinski definition) is 6. The van der Waals surface area contributed by atoms with E-state index in [0.717, 1.165) is 6.07 Å². The second-order valence-electron chi connectivity index (χ2n) is 9.17. The van der Waals surface area contributed by atoms with Gasteiger partial charge >= 0.3 is 18.2 Å². The maximum absolute atomic E-state index is 13.9. The summed E-state index contributed by atoms with van der Waals surface area (Å²) in [4.78, 5) is 44.6. The van der Waals surface area contributed by atoms with Gasteiger partial charge in [-0.25, -0.2) is 9.59 Å². The molecule has 1 fully saturated rings. The van der Waals surface area contributed by atoms with Crippen molar-refractivity contribution in [2.24, 2.45) is 0 Å². The van der Waals surface area contributed by atoms with Crippen LogP contribution in [0.4, 0.5) is 18.0 Å². The Labute approximate surface area is 222 Å². The quantitative estimate of drug-likeness (QED) is 0.548. The van der Waals surface area contributed by atoms with Crippen molar-refractivity contribution in [2.75, 3.05) is 39.8 Å². The zero-order chi connectivity index (χ0) is 27.6. The lowest BCUT2D eigenvalue weighted by atomic mass is 9.90. The molecule has 12 heteroatoms. The van der Waals surface area contributed by atoms with E-state index in [9.17, 15) is 27.6 Å². The molecular formula is C26H29F3N4O4S. The number of thiophene rings is 1.